The quantitative estimate of drug-likeness (QED) is 0.875. The molecule has 3 rings (SSSR count). The van der Waals surface area contributed by atoms with Crippen molar-refractivity contribution in [3.05, 3.63) is 65.2 Å². The van der Waals surface area contributed by atoms with Crippen LogP contribution in [0.15, 0.2) is 42.5 Å². The number of carbonyl (C=O) groups is 1. The second kappa shape index (κ2) is 5.52. The van der Waals surface area contributed by atoms with Gasteiger partial charge in [0, 0.05) is 12.1 Å². The predicted molar refractivity (Wildman–Crippen MR) is 76.2 cm³/mol. The molecule has 0 aromatic heterocycles. The Morgan fingerprint density at radius 3 is 2.33 bits per heavy atom. The van der Waals surface area contributed by atoms with Gasteiger partial charge >= 0.3 is 6.03 Å². The molecule has 108 valence electrons. The van der Waals surface area contributed by atoms with Crippen LogP contribution in [0.1, 0.15) is 11.1 Å². The normalized spacial score (nSPS) is 13.8. The molecule has 0 radical (unpaired) electrons. The molecule has 0 unspecified atom stereocenters. The first-order valence-electron chi connectivity index (χ1n) is 6.71. The number of rotatable bonds is 2. The van der Waals surface area contributed by atoms with Gasteiger partial charge in [-0.2, -0.15) is 0 Å². The summed E-state index contributed by atoms with van der Waals surface area (Å²) < 4.78 is 26.3. The topological polar surface area (TPSA) is 41.1 Å². The highest BCUT2D eigenvalue weighted by atomic mass is 19.1. The summed E-state index contributed by atoms with van der Waals surface area (Å²) in [6, 6.07) is 10.6. The Bertz CT molecular complexity index is 663. The Balaban J connectivity index is 1.61. The number of nitrogens with one attached hydrogen (secondary N) is 2. The van der Waals surface area contributed by atoms with Gasteiger partial charge in [-0.3, -0.25) is 0 Å². The van der Waals surface area contributed by atoms with Crippen molar-refractivity contribution in [2.45, 2.75) is 18.9 Å². The van der Waals surface area contributed by atoms with E-state index in [0.717, 1.165) is 25.0 Å². The van der Waals surface area contributed by atoms with Gasteiger partial charge in [-0.1, -0.05) is 24.3 Å². The van der Waals surface area contributed by atoms with Crippen LogP contribution in [0, 0.1) is 11.6 Å². The summed E-state index contributed by atoms with van der Waals surface area (Å²) >= 11 is 0. The van der Waals surface area contributed by atoms with E-state index < -0.39 is 17.7 Å². The number of hydrogen-bond donors (Lipinski definition) is 2. The number of urea groups is 1. The molecule has 3 nitrogen and oxygen atoms in total. The Hall–Kier alpha value is -2.43. The molecule has 2 amide bonds. The van der Waals surface area contributed by atoms with E-state index >= 15 is 0 Å². The average molecular weight is 288 g/mol. The van der Waals surface area contributed by atoms with Crippen molar-refractivity contribution in [2.24, 2.45) is 0 Å². The second-order valence-corrected chi connectivity index (χ2v) is 5.10. The van der Waals surface area contributed by atoms with Crippen molar-refractivity contribution in [2.75, 3.05) is 5.32 Å². The van der Waals surface area contributed by atoms with Crippen LogP contribution in [0.5, 0.6) is 0 Å². The number of carbonyl (C=O) groups excluding carboxylic acids is 1. The summed E-state index contributed by atoms with van der Waals surface area (Å²) in [5, 5.41) is 5.21. The molecule has 5 heteroatoms. The van der Waals surface area contributed by atoms with E-state index in [0.29, 0.717) is 0 Å². The molecule has 2 N–H and O–H groups in total. The minimum atomic E-state index is -0.792. The maximum atomic E-state index is 13.5. The summed E-state index contributed by atoms with van der Waals surface area (Å²) in [6.07, 6.45) is 1.52. The smallest absolute Gasteiger partial charge is 0.319 e. The lowest BCUT2D eigenvalue weighted by Crippen LogP contribution is -2.38. The fourth-order valence-electron chi connectivity index (χ4n) is 2.60. The minimum absolute atomic E-state index is 0.00842. The average Bonchev–Trinajstić information content (AvgIpc) is 2.84. The second-order valence-electron chi connectivity index (χ2n) is 5.10. The standard InChI is InChI=1S/C16H14F2N2O/c17-12-5-6-15(14(18)9-12)20-16(21)19-13-7-10-3-1-2-4-11(10)8-13/h1-6,9,13H,7-8H2,(H2,19,20,21). The molecule has 21 heavy (non-hydrogen) atoms. The van der Waals surface area contributed by atoms with E-state index in [1.54, 1.807) is 0 Å². The Morgan fingerprint density at radius 2 is 1.71 bits per heavy atom. The molecule has 0 spiro atoms. The van der Waals surface area contributed by atoms with E-state index in [4.69, 9.17) is 0 Å². The molecule has 2 aromatic rings. The van der Waals surface area contributed by atoms with Gasteiger partial charge in [0.05, 0.1) is 5.69 Å². The van der Waals surface area contributed by atoms with Gasteiger partial charge in [-0.05, 0) is 36.1 Å². The Labute approximate surface area is 121 Å². The van der Waals surface area contributed by atoms with Gasteiger partial charge in [0.1, 0.15) is 11.6 Å². The highest BCUT2D eigenvalue weighted by Gasteiger charge is 2.22. The van der Waals surface area contributed by atoms with Crippen molar-refractivity contribution in [3.63, 3.8) is 0 Å². The van der Waals surface area contributed by atoms with Crippen molar-refractivity contribution in [3.8, 4) is 0 Å². The van der Waals surface area contributed by atoms with Crippen LogP contribution in [0.2, 0.25) is 0 Å². The van der Waals surface area contributed by atoms with E-state index in [9.17, 15) is 13.6 Å². The first kappa shape index (κ1) is 13.5. The first-order valence-corrected chi connectivity index (χ1v) is 6.71. The molecule has 0 saturated carbocycles. The number of benzene rings is 2. The van der Waals surface area contributed by atoms with E-state index in [-0.39, 0.29) is 11.7 Å². The monoisotopic (exact) mass is 288 g/mol. The zero-order chi connectivity index (χ0) is 14.8. The van der Waals surface area contributed by atoms with Gasteiger partial charge in [0.2, 0.25) is 0 Å². The number of fused-ring (bicyclic) bond motifs is 1. The van der Waals surface area contributed by atoms with Crippen LogP contribution in [0.4, 0.5) is 19.3 Å². The van der Waals surface area contributed by atoms with Crippen LogP contribution in [0.3, 0.4) is 0 Å². The molecule has 0 bridgehead atoms. The number of hydrogen-bond acceptors (Lipinski definition) is 1. The van der Waals surface area contributed by atoms with E-state index in [1.165, 1.54) is 17.2 Å². The number of anilines is 1. The SMILES string of the molecule is O=C(Nc1ccc(F)cc1F)NC1Cc2ccccc2C1. The molecule has 0 saturated heterocycles. The molecule has 1 aliphatic carbocycles. The van der Waals surface area contributed by atoms with Crippen molar-refractivity contribution in [1.29, 1.82) is 0 Å². The summed E-state index contributed by atoms with van der Waals surface area (Å²) in [7, 11) is 0. The molecule has 0 fully saturated rings. The molecular weight excluding hydrogens is 274 g/mol. The zero-order valence-corrected chi connectivity index (χ0v) is 11.2. The summed E-state index contributed by atoms with van der Waals surface area (Å²) in [5.74, 6) is -1.47. The van der Waals surface area contributed by atoms with Crippen LogP contribution in [0.25, 0.3) is 0 Å². The third-order valence-corrected chi connectivity index (χ3v) is 3.57. The third-order valence-electron chi connectivity index (χ3n) is 3.57. The first-order chi connectivity index (χ1) is 10.1. The van der Waals surface area contributed by atoms with Crippen molar-refractivity contribution < 1.29 is 13.6 Å². The third kappa shape index (κ3) is 3.02. The van der Waals surface area contributed by atoms with Crippen molar-refractivity contribution in [1.82, 2.24) is 5.32 Å². The molecule has 0 heterocycles. The maximum absolute atomic E-state index is 13.5. The summed E-state index contributed by atoms with van der Waals surface area (Å²) in [5.41, 5.74) is 2.40. The van der Waals surface area contributed by atoms with Crippen LogP contribution in [-0.2, 0) is 12.8 Å². The summed E-state index contributed by atoms with van der Waals surface area (Å²) in [4.78, 5) is 11.9. The highest BCUT2D eigenvalue weighted by Crippen LogP contribution is 2.22. The van der Waals surface area contributed by atoms with E-state index in [1.807, 2.05) is 24.3 Å². The Morgan fingerprint density at radius 1 is 1.05 bits per heavy atom. The Kier molecular flexibility index (Phi) is 3.56. The van der Waals surface area contributed by atoms with Gasteiger partial charge in [-0.15, -0.1) is 0 Å². The summed E-state index contributed by atoms with van der Waals surface area (Å²) in [6.45, 7) is 0. The van der Waals surface area contributed by atoms with Gasteiger partial charge in [0.15, 0.2) is 0 Å². The van der Waals surface area contributed by atoms with Crippen LogP contribution >= 0.6 is 0 Å². The lowest BCUT2D eigenvalue weighted by Gasteiger charge is -2.13. The fourth-order valence-corrected chi connectivity index (χ4v) is 2.60. The minimum Gasteiger partial charge on any atom is -0.334 e. The number of amides is 2. The van der Waals surface area contributed by atoms with E-state index in [2.05, 4.69) is 10.6 Å². The highest BCUT2D eigenvalue weighted by molar-refractivity contribution is 5.89. The van der Waals surface area contributed by atoms with Gasteiger partial charge in [0.25, 0.3) is 0 Å². The largest absolute Gasteiger partial charge is 0.334 e. The van der Waals surface area contributed by atoms with Crippen LogP contribution in [-0.4, -0.2) is 12.1 Å². The van der Waals surface area contributed by atoms with Crippen LogP contribution < -0.4 is 10.6 Å². The van der Waals surface area contributed by atoms with Crippen molar-refractivity contribution >= 4 is 11.7 Å². The molecule has 0 aliphatic heterocycles. The molecule has 2 aromatic carbocycles. The predicted octanol–water partition coefficient (Wildman–Crippen LogP) is 3.25. The van der Waals surface area contributed by atoms with Gasteiger partial charge in [-0.25, -0.2) is 13.6 Å². The van der Waals surface area contributed by atoms with Gasteiger partial charge < -0.3 is 10.6 Å². The fraction of sp³-hybridized carbons (Fsp3) is 0.188. The molecular formula is C16H14F2N2O. The lowest BCUT2D eigenvalue weighted by molar-refractivity contribution is 0.248. The maximum Gasteiger partial charge on any atom is 0.319 e. The lowest BCUT2D eigenvalue weighted by atomic mass is 10.1. The zero-order valence-electron chi connectivity index (χ0n) is 11.2. The molecule has 1 aliphatic rings. The number of halogens is 2. The molecule has 0 atom stereocenters.